The molecule has 1 fully saturated rings. The van der Waals surface area contributed by atoms with E-state index in [9.17, 15) is 9.59 Å². The maximum absolute atomic E-state index is 12.3. The fourth-order valence-corrected chi connectivity index (χ4v) is 3.51. The van der Waals surface area contributed by atoms with E-state index in [2.05, 4.69) is 4.74 Å². The lowest BCUT2D eigenvalue weighted by atomic mass is 10.2. The van der Waals surface area contributed by atoms with Crippen LogP contribution in [-0.2, 0) is 14.3 Å². The van der Waals surface area contributed by atoms with Crippen molar-refractivity contribution in [3.05, 3.63) is 28.7 Å². The van der Waals surface area contributed by atoms with Gasteiger partial charge in [0.2, 0.25) is 0 Å². The predicted molar refractivity (Wildman–Crippen MR) is 101 cm³/mol. The second-order valence-electron chi connectivity index (χ2n) is 4.93. The summed E-state index contributed by atoms with van der Waals surface area (Å²) in [4.78, 5) is 25.6. The summed E-state index contributed by atoms with van der Waals surface area (Å²) in [6, 6.07) is 5.24. The first-order chi connectivity index (χ1) is 12.0. The Kier molecular flexibility index (Phi) is 6.83. The van der Waals surface area contributed by atoms with Gasteiger partial charge in [0.15, 0.2) is 18.1 Å². The number of nitrogens with zero attached hydrogens (tertiary/aromatic N) is 1. The molecule has 0 atom stereocenters. The van der Waals surface area contributed by atoms with Crippen LogP contribution in [0.4, 0.5) is 0 Å². The summed E-state index contributed by atoms with van der Waals surface area (Å²) < 4.78 is 16.1. The average Bonchev–Trinajstić information content (AvgIpc) is 2.87. The highest BCUT2D eigenvalue weighted by atomic mass is 32.2. The maximum atomic E-state index is 12.3. The van der Waals surface area contributed by atoms with Crippen molar-refractivity contribution in [3.63, 3.8) is 0 Å². The van der Waals surface area contributed by atoms with Crippen molar-refractivity contribution in [2.24, 2.45) is 0 Å². The Morgan fingerprint density at radius 2 is 2.04 bits per heavy atom. The lowest BCUT2D eigenvalue weighted by molar-refractivity contribution is -0.142. The SMILES string of the molecule is CCOc1cc(C=C2SC(=S)N(CC)C2=O)ccc1OCC(=O)OC. The fourth-order valence-electron chi connectivity index (χ4n) is 2.12. The van der Waals surface area contributed by atoms with Crippen LogP contribution in [0, 0.1) is 0 Å². The monoisotopic (exact) mass is 381 g/mol. The summed E-state index contributed by atoms with van der Waals surface area (Å²) in [5.41, 5.74) is 0.783. The zero-order chi connectivity index (χ0) is 18.4. The van der Waals surface area contributed by atoms with Crippen LogP contribution < -0.4 is 9.47 Å². The van der Waals surface area contributed by atoms with Gasteiger partial charge in [0, 0.05) is 6.54 Å². The normalized spacial score (nSPS) is 15.6. The zero-order valence-electron chi connectivity index (χ0n) is 14.2. The standard InChI is InChI=1S/C17H19NO5S2/c1-4-18-16(20)14(25-17(18)24)9-11-6-7-12(13(8-11)22-5-2)23-10-15(19)21-3/h6-9H,4-5,10H2,1-3H3. The Morgan fingerprint density at radius 1 is 1.28 bits per heavy atom. The predicted octanol–water partition coefficient (Wildman–Crippen LogP) is 2.86. The highest BCUT2D eigenvalue weighted by Crippen LogP contribution is 2.34. The minimum Gasteiger partial charge on any atom is -0.490 e. The van der Waals surface area contributed by atoms with E-state index in [-0.39, 0.29) is 12.5 Å². The molecule has 6 nitrogen and oxygen atoms in total. The summed E-state index contributed by atoms with van der Waals surface area (Å²) in [5.74, 6) is 0.355. The van der Waals surface area contributed by atoms with Crippen LogP contribution in [0.5, 0.6) is 11.5 Å². The largest absolute Gasteiger partial charge is 0.490 e. The summed E-state index contributed by atoms with van der Waals surface area (Å²) in [6.07, 6.45) is 1.77. The second kappa shape index (κ2) is 8.87. The smallest absolute Gasteiger partial charge is 0.343 e. The molecule has 25 heavy (non-hydrogen) atoms. The fraction of sp³-hybridized carbons (Fsp3) is 0.353. The molecule has 1 aromatic carbocycles. The number of thiocarbonyl (C=S) groups is 1. The molecular weight excluding hydrogens is 362 g/mol. The molecule has 0 radical (unpaired) electrons. The number of rotatable bonds is 7. The van der Waals surface area contributed by atoms with E-state index >= 15 is 0 Å². The summed E-state index contributed by atoms with van der Waals surface area (Å²) >= 11 is 6.48. The molecule has 0 N–H and O–H groups in total. The Hall–Kier alpha value is -2.06. The Labute approximate surface area is 156 Å². The third-order valence-corrected chi connectivity index (χ3v) is 4.71. The van der Waals surface area contributed by atoms with Gasteiger partial charge < -0.3 is 14.2 Å². The number of carbonyl (C=O) groups excluding carboxylic acids is 2. The topological polar surface area (TPSA) is 65.1 Å². The average molecular weight is 381 g/mol. The number of ether oxygens (including phenoxy) is 3. The van der Waals surface area contributed by atoms with Gasteiger partial charge in [-0.15, -0.1) is 0 Å². The minimum atomic E-state index is -0.477. The van der Waals surface area contributed by atoms with E-state index in [0.717, 1.165) is 5.56 Å². The molecule has 1 aliphatic rings. The van der Waals surface area contributed by atoms with Gasteiger partial charge in [-0.05, 0) is 37.6 Å². The Bertz CT molecular complexity index is 717. The molecular formula is C17H19NO5S2. The molecule has 1 aromatic rings. The van der Waals surface area contributed by atoms with Crippen molar-refractivity contribution in [1.82, 2.24) is 4.90 Å². The number of esters is 1. The van der Waals surface area contributed by atoms with E-state index in [4.69, 9.17) is 21.7 Å². The number of methoxy groups -OCH3 is 1. The van der Waals surface area contributed by atoms with Gasteiger partial charge in [-0.1, -0.05) is 30.0 Å². The summed E-state index contributed by atoms with van der Waals surface area (Å²) in [6.45, 7) is 4.52. The molecule has 0 unspecified atom stereocenters. The zero-order valence-corrected chi connectivity index (χ0v) is 15.9. The first kappa shape index (κ1) is 19.3. The van der Waals surface area contributed by atoms with Crippen LogP contribution in [0.15, 0.2) is 23.1 Å². The lowest BCUT2D eigenvalue weighted by Crippen LogP contribution is -2.27. The molecule has 1 heterocycles. The van der Waals surface area contributed by atoms with Gasteiger partial charge in [0.25, 0.3) is 5.91 Å². The molecule has 0 saturated carbocycles. The van der Waals surface area contributed by atoms with E-state index in [1.807, 2.05) is 13.8 Å². The molecule has 8 heteroatoms. The molecule has 1 saturated heterocycles. The number of amides is 1. The quantitative estimate of drug-likeness (QED) is 0.409. The van der Waals surface area contributed by atoms with Crippen molar-refractivity contribution in [3.8, 4) is 11.5 Å². The van der Waals surface area contributed by atoms with E-state index in [1.54, 1.807) is 29.2 Å². The number of carbonyl (C=O) groups is 2. The summed E-state index contributed by atoms with van der Waals surface area (Å²) in [5, 5.41) is 0. The van der Waals surface area contributed by atoms with Crippen LogP contribution >= 0.6 is 24.0 Å². The molecule has 1 aliphatic heterocycles. The van der Waals surface area contributed by atoms with Gasteiger partial charge in [-0.3, -0.25) is 9.69 Å². The highest BCUT2D eigenvalue weighted by Gasteiger charge is 2.30. The van der Waals surface area contributed by atoms with Crippen molar-refractivity contribution in [2.75, 3.05) is 26.9 Å². The second-order valence-corrected chi connectivity index (χ2v) is 6.61. The molecule has 0 aliphatic carbocycles. The van der Waals surface area contributed by atoms with Gasteiger partial charge in [-0.2, -0.15) is 0 Å². The van der Waals surface area contributed by atoms with Crippen LogP contribution in [0.2, 0.25) is 0 Å². The van der Waals surface area contributed by atoms with Crippen LogP contribution in [0.25, 0.3) is 6.08 Å². The van der Waals surface area contributed by atoms with Gasteiger partial charge in [-0.25, -0.2) is 4.79 Å². The molecule has 134 valence electrons. The number of benzene rings is 1. The number of hydrogen-bond donors (Lipinski definition) is 0. The van der Waals surface area contributed by atoms with Crippen molar-refractivity contribution in [2.45, 2.75) is 13.8 Å². The van der Waals surface area contributed by atoms with E-state index < -0.39 is 5.97 Å². The van der Waals surface area contributed by atoms with Crippen LogP contribution in [0.1, 0.15) is 19.4 Å². The van der Waals surface area contributed by atoms with Gasteiger partial charge in [0.05, 0.1) is 18.6 Å². The molecule has 2 rings (SSSR count). The van der Waals surface area contributed by atoms with Gasteiger partial charge >= 0.3 is 5.97 Å². The van der Waals surface area contributed by atoms with Crippen molar-refractivity contribution in [1.29, 1.82) is 0 Å². The van der Waals surface area contributed by atoms with Crippen molar-refractivity contribution >= 4 is 46.3 Å². The first-order valence-electron chi connectivity index (χ1n) is 7.72. The third kappa shape index (κ3) is 4.73. The van der Waals surface area contributed by atoms with E-state index in [0.29, 0.717) is 33.9 Å². The maximum Gasteiger partial charge on any atom is 0.343 e. The van der Waals surface area contributed by atoms with Crippen LogP contribution in [0.3, 0.4) is 0 Å². The summed E-state index contributed by atoms with van der Waals surface area (Å²) in [7, 11) is 1.30. The molecule has 0 bridgehead atoms. The van der Waals surface area contributed by atoms with Gasteiger partial charge in [0.1, 0.15) is 4.32 Å². The van der Waals surface area contributed by atoms with E-state index in [1.165, 1.54) is 18.9 Å². The third-order valence-electron chi connectivity index (χ3n) is 3.33. The first-order valence-corrected chi connectivity index (χ1v) is 8.94. The minimum absolute atomic E-state index is 0.0959. The number of thioether (sulfide) groups is 1. The number of likely N-dealkylation sites (N-methyl/N-ethyl adjacent to an activating group) is 1. The highest BCUT2D eigenvalue weighted by molar-refractivity contribution is 8.26. The molecule has 0 aromatic heterocycles. The molecule has 0 spiro atoms. The lowest BCUT2D eigenvalue weighted by Gasteiger charge is -2.12. The Balaban J connectivity index is 2.23. The molecule has 1 amide bonds. The Morgan fingerprint density at radius 3 is 2.64 bits per heavy atom. The number of hydrogen-bond acceptors (Lipinski definition) is 7. The van der Waals surface area contributed by atoms with Crippen LogP contribution in [-0.4, -0.2) is 48.0 Å². The van der Waals surface area contributed by atoms with Crippen molar-refractivity contribution < 1.29 is 23.8 Å².